The number of benzene rings is 2. The van der Waals surface area contributed by atoms with E-state index in [4.69, 9.17) is 0 Å². The van der Waals surface area contributed by atoms with Crippen molar-refractivity contribution >= 4 is 16.8 Å². The van der Waals surface area contributed by atoms with E-state index in [-0.39, 0.29) is 5.78 Å². The van der Waals surface area contributed by atoms with Gasteiger partial charge in [-0.25, -0.2) is 14.6 Å². The molecule has 23 heavy (non-hydrogen) atoms. The van der Waals surface area contributed by atoms with Gasteiger partial charge in [0.15, 0.2) is 0 Å². The summed E-state index contributed by atoms with van der Waals surface area (Å²) in [7, 11) is 0. The number of hydrogen-bond donors (Lipinski definition) is 0. The van der Waals surface area contributed by atoms with Gasteiger partial charge in [-0.1, -0.05) is 24.3 Å². The van der Waals surface area contributed by atoms with Crippen LogP contribution in [0.5, 0.6) is 0 Å². The van der Waals surface area contributed by atoms with Crippen LogP contribution in [0.1, 0.15) is 16.1 Å². The highest BCUT2D eigenvalue weighted by Crippen LogP contribution is 2.35. The number of rotatable bonds is 1. The molecule has 0 radical (unpaired) electrons. The van der Waals surface area contributed by atoms with Crippen LogP contribution < -0.4 is 0 Å². The van der Waals surface area contributed by atoms with Crippen molar-refractivity contribution in [1.29, 1.82) is 0 Å². The molecule has 2 aromatic carbocycles. The third-order valence-corrected chi connectivity index (χ3v) is 3.90. The molecule has 0 aliphatic heterocycles. The summed E-state index contributed by atoms with van der Waals surface area (Å²) in [4.78, 5) is 21.6. The van der Waals surface area contributed by atoms with Gasteiger partial charge in [0.1, 0.15) is 17.7 Å². The van der Waals surface area contributed by atoms with Crippen molar-refractivity contribution in [2.75, 3.05) is 0 Å². The van der Waals surface area contributed by atoms with Crippen molar-refractivity contribution in [3.05, 3.63) is 60.0 Å². The minimum atomic E-state index is -0.0745. The normalized spacial score (nSPS) is 12.4. The van der Waals surface area contributed by atoms with Crippen molar-refractivity contribution in [3.63, 3.8) is 0 Å². The third-order valence-electron chi connectivity index (χ3n) is 3.90. The number of tetrazole rings is 1. The predicted molar refractivity (Wildman–Crippen MR) is 81.1 cm³/mol. The standard InChI is InChI=1S/C16H8N6O/c23-16-11-4-2-1-3-10(11)14-15(16)18-12-6-5-9(7-13(12)19-14)22-8-17-20-21-22/h1-8H. The Morgan fingerprint density at radius 1 is 0.870 bits per heavy atom. The lowest BCUT2D eigenvalue weighted by Gasteiger charge is -2.04. The van der Waals surface area contributed by atoms with Crippen LogP contribution in [0.15, 0.2) is 48.8 Å². The van der Waals surface area contributed by atoms with Crippen LogP contribution in [0.2, 0.25) is 0 Å². The van der Waals surface area contributed by atoms with E-state index in [1.165, 1.54) is 6.33 Å². The van der Waals surface area contributed by atoms with Crippen molar-refractivity contribution in [3.8, 4) is 16.9 Å². The first-order valence-electron chi connectivity index (χ1n) is 7.00. The van der Waals surface area contributed by atoms with Crippen molar-refractivity contribution in [2.24, 2.45) is 0 Å². The molecular weight excluding hydrogens is 292 g/mol. The molecule has 0 bridgehead atoms. The Morgan fingerprint density at radius 3 is 2.52 bits per heavy atom. The molecular formula is C16H8N6O. The molecule has 7 heteroatoms. The summed E-state index contributed by atoms with van der Waals surface area (Å²) in [5.41, 5.74) is 4.67. The Bertz CT molecular complexity index is 1090. The number of aromatic nitrogens is 6. The fourth-order valence-corrected chi connectivity index (χ4v) is 2.83. The highest BCUT2D eigenvalue weighted by molar-refractivity contribution is 6.20. The monoisotopic (exact) mass is 300 g/mol. The largest absolute Gasteiger partial charge is 0.287 e. The fraction of sp³-hybridized carbons (Fsp3) is 0. The van der Waals surface area contributed by atoms with Gasteiger partial charge in [0.25, 0.3) is 0 Å². The molecule has 2 heterocycles. The van der Waals surface area contributed by atoms with Crippen LogP contribution in [-0.4, -0.2) is 36.0 Å². The molecule has 0 atom stereocenters. The van der Waals surface area contributed by atoms with Crippen LogP contribution in [-0.2, 0) is 0 Å². The molecule has 2 aromatic heterocycles. The molecule has 5 rings (SSSR count). The van der Waals surface area contributed by atoms with E-state index < -0.39 is 0 Å². The maximum atomic E-state index is 12.5. The minimum absolute atomic E-state index is 0.0745. The summed E-state index contributed by atoms with van der Waals surface area (Å²) >= 11 is 0. The Labute approximate surface area is 129 Å². The molecule has 4 aromatic rings. The molecule has 0 amide bonds. The first kappa shape index (κ1) is 12.1. The Morgan fingerprint density at radius 2 is 1.70 bits per heavy atom. The number of nitrogens with zero attached hydrogens (tertiary/aromatic N) is 6. The first-order valence-corrected chi connectivity index (χ1v) is 7.00. The minimum Gasteiger partial charge on any atom is -0.287 e. The number of hydrogen-bond acceptors (Lipinski definition) is 6. The van der Waals surface area contributed by atoms with Gasteiger partial charge in [-0.05, 0) is 28.6 Å². The van der Waals surface area contributed by atoms with E-state index >= 15 is 0 Å². The molecule has 108 valence electrons. The highest BCUT2D eigenvalue weighted by Gasteiger charge is 2.29. The lowest BCUT2D eigenvalue weighted by Crippen LogP contribution is -2.01. The van der Waals surface area contributed by atoms with E-state index in [1.807, 2.05) is 36.4 Å². The molecule has 0 fully saturated rings. The molecule has 0 spiro atoms. The highest BCUT2D eigenvalue weighted by atomic mass is 16.1. The van der Waals surface area contributed by atoms with Gasteiger partial charge in [0.05, 0.1) is 16.7 Å². The predicted octanol–water partition coefficient (Wildman–Crippen LogP) is 1.82. The summed E-state index contributed by atoms with van der Waals surface area (Å²) in [6.45, 7) is 0. The van der Waals surface area contributed by atoms with Gasteiger partial charge >= 0.3 is 0 Å². The van der Waals surface area contributed by atoms with Crippen molar-refractivity contribution in [2.45, 2.75) is 0 Å². The summed E-state index contributed by atoms with van der Waals surface area (Å²) in [6.07, 6.45) is 1.51. The van der Waals surface area contributed by atoms with Crippen LogP contribution in [0.25, 0.3) is 28.0 Å². The average Bonchev–Trinajstić information content (AvgIpc) is 3.22. The van der Waals surface area contributed by atoms with E-state index in [9.17, 15) is 4.79 Å². The van der Waals surface area contributed by atoms with Gasteiger partial charge in [-0.15, -0.1) is 5.10 Å². The van der Waals surface area contributed by atoms with Gasteiger partial charge < -0.3 is 0 Å². The quantitative estimate of drug-likeness (QED) is 0.469. The van der Waals surface area contributed by atoms with E-state index in [2.05, 4.69) is 25.5 Å². The Hall–Kier alpha value is -3.48. The van der Waals surface area contributed by atoms with Crippen molar-refractivity contribution in [1.82, 2.24) is 30.2 Å². The number of carbonyl (C=O) groups is 1. The zero-order chi connectivity index (χ0) is 15.4. The molecule has 0 saturated carbocycles. The van der Waals surface area contributed by atoms with Crippen molar-refractivity contribution < 1.29 is 4.79 Å². The summed E-state index contributed by atoms with van der Waals surface area (Å²) < 4.78 is 1.55. The first-order chi connectivity index (χ1) is 11.3. The van der Waals surface area contributed by atoms with Crippen LogP contribution in [0, 0.1) is 0 Å². The Kier molecular flexibility index (Phi) is 2.24. The number of ketones is 1. The lowest BCUT2D eigenvalue weighted by atomic mass is 10.1. The van der Waals surface area contributed by atoms with Gasteiger partial charge in [-0.2, -0.15) is 0 Å². The topological polar surface area (TPSA) is 86.5 Å². The molecule has 1 aliphatic carbocycles. The summed E-state index contributed by atoms with van der Waals surface area (Å²) in [6, 6.07) is 12.9. The maximum Gasteiger partial charge on any atom is 0.214 e. The second-order valence-corrected chi connectivity index (χ2v) is 5.22. The second kappa shape index (κ2) is 4.26. The zero-order valence-corrected chi connectivity index (χ0v) is 11.7. The average molecular weight is 300 g/mol. The van der Waals surface area contributed by atoms with Gasteiger partial charge in [0.2, 0.25) is 5.78 Å². The molecule has 7 nitrogen and oxygen atoms in total. The summed E-state index contributed by atoms with van der Waals surface area (Å²) in [5, 5.41) is 11.1. The molecule has 0 unspecified atom stereocenters. The smallest absolute Gasteiger partial charge is 0.214 e. The SMILES string of the molecule is O=C1c2ccccc2-c2nc3cc(-n4cnnn4)ccc3nc21. The lowest BCUT2D eigenvalue weighted by molar-refractivity contribution is 0.103. The molecule has 0 N–H and O–H groups in total. The maximum absolute atomic E-state index is 12.5. The second-order valence-electron chi connectivity index (χ2n) is 5.22. The van der Waals surface area contributed by atoms with Gasteiger partial charge in [0, 0.05) is 11.1 Å². The molecule has 1 aliphatic rings. The third kappa shape index (κ3) is 1.64. The van der Waals surface area contributed by atoms with Crippen LogP contribution in [0.4, 0.5) is 0 Å². The van der Waals surface area contributed by atoms with Crippen LogP contribution >= 0.6 is 0 Å². The number of fused-ring (bicyclic) bond motifs is 4. The van der Waals surface area contributed by atoms with E-state index in [0.717, 1.165) is 11.3 Å². The molecule has 0 saturated heterocycles. The Balaban J connectivity index is 1.78. The summed E-state index contributed by atoms with van der Waals surface area (Å²) in [5.74, 6) is -0.0745. The van der Waals surface area contributed by atoms with Gasteiger partial charge in [-0.3, -0.25) is 4.79 Å². The van der Waals surface area contributed by atoms with E-state index in [1.54, 1.807) is 10.7 Å². The number of carbonyl (C=O) groups excluding carboxylic acids is 1. The van der Waals surface area contributed by atoms with E-state index in [0.29, 0.717) is 28.0 Å². The zero-order valence-electron chi connectivity index (χ0n) is 11.7. The van der Waals surface area contributed by atoms with Crippen LogP contribution in [0.3, 0.4) is 0 Å². The fourth-order valence-electron chi connectivity index (χ4n) is 2.83.